The fourth-order valence-corrected chi connectivity index (χ4v) is 5.30. The molecule has 1 aromatic heterocycles. The molecule has 3 N–H and O–H groups in total. The van der Waals surface area contributed by atoms with Crippen molar-refractivity contribution in [2.45, 2.75) is 38.1 Å². The summed E-state index contributed by atoms with van der Waals surface area (Å²) in [5.74, 6) is -0.686. The number of primary amides is 1. The minimum atomic E-state index is -0.880. The first-order valence-electron chi connectivity index (χ1n) is 10.1. The number of pyridine rings is 1. The number of hydrogen-bond donors (Lipinski definition) is 2. The van der Waals surface area contributed by atoms with E-state index < -0.39 is 11.9 Å². The molecule has 0 saturated carbocycles. The van der Waals surface area contributed by atoms with Crippen molar-refractivity contribution < 1.29 is 14.3 Å². The van der Waals surface area contributed by atoms with Crippen molar-refractivity contribution in [3.8, 4) is 0 Å². The number of benzene rings is 1. The lowest BCUT2D eigenvalue weighted by molar-refractivity contribution is -0.141. The predicted octanol–water partition coefficient (Wildman–Crippen LogP) is 5.20. The molecule has 7 nitrogen and oxygen atoms in total. The summed E-state index contributed by atoms with van der Waals surface area (Å²) >= 11 is 14.0. The van der Waals surface area contributed by atoms with E-state index in [9.17, 15) is 4.79 Å². The number of carbonyl (C=O) groups excluding carboxylic acids is 1. The summed E-state index contributed by atoms with van der Waals surface area (Å²) in [5, 5.41) is 5.67. The van der Waals surface area contributed by atoms with Crippen LogP contribution >= 0.6 is 35.0 Å². The Labute approximate surface area is 202 Å². The van der Waals surface area contributed by atoms with Gasteiger partial charge in [0, 0.05) is 46.5 Å². The zero-order valence-electron chi connectivity index (χ0n) is 18.1. The maximum Gasteiger partial charge on any atom is 0.404 e. The van der Waals surface area contributed by atoms with Gasteiger partial charge in [0.1, 0.15) is 6.61 Å². The summed E-state index contributed by atoms with van der Waals surface area (Å²) in [6.45, 7) is 6.96. The second-order valence-corrected chi connectivity index (χ2v) is 9.58. The van der Waals surface area contributed by atoms with Gasteiger partial charge in [0.05, 0.1) is 11.6 Å². The van der Waals surface area contributed by atoms with Crippen LogP contribution in [-0.2, 0) is 16.0 Å². The number of amides is 1. The van der Waals surface area contributed by atoms with Crippen molar-refractivity contribution in [2.75, 3.05) is 13.2 Å². The topological polar surface area (TPSA) is 89.7 Å². The highest BCUT2D eigenvalue weighted by Gasteiger charge is 2.43. The van der Waals surface area contributed by atoms with Crippen LogP contribution in [0.25, 0.3) is 0 Å². The molecule has 0 saturated heterocycles. The van der Waals surface area contributed by atoms with E-state index in [2.05, 4.69) is 29.0 Å². The molecule has 0 aliphatic carbocycles. The van der Waals surface area contributed by atoms with Gasteiger partial charge in [0.25, 0.3) is 0 Å². The summed E-state index contributed by atoms with van der Waals surface area (Å²) < 4.78 is 11.0. The molecule has 32 heavy (non-hydrogen) atoms. The Morgan fingerprint density at radius 2 is 1.88 bits per heavy atom. The quantitative estimate of drug-likeness (QED) is 0.461. The number of ether oxygens (including phenoxy) is 2. The SMILES string of the molecule is CC(C)C1=C(Sc2cc(Cl)cc(Cl)c2)N(Cc2ccncc2)C(C)(OCCOC(N)=O)N1. The van der Waals surface area contributed by atoms with Crippen LogP contribution in [0.2, 0.25) is 10.0 Å². The van der Waals surface area contributed by atoms with Crippen molar-refractivity contribution >= 4 is 41.1 Å². The van der Waals surface area contributed by atoms with Crippen molar-refractivity contribution in [3.05, 3.63) is 69.1 Å². The number of nitrogens with one attached hydrogen (secondary N) is 1. The summed E-state index contributed by atoms with van der Waals surface area (Å²) in [4.78, 5) is 18.1. The lowest BCUT2D eigenvalue weighted by atomic mass is 10.1. The maximum absolute atomic E-state index is 10.9. The molecule has 1 aliphatic heterocycles. The van der Waals surface area contributed by atoms with E-state index in [1.807, 2.05) is 31.2 Å². The van der Waals surface area contributed by atoms with Crippen LogP contribution in [0, 0.1) is 5.92 Å². The number of nitrogens with zero attached hydrogens (tertiary/aromatic N) is 2. The number of thioether (sulfide) groups is 1. The maximum atomic E-state index is 10.9. The van der Waals surface area contributed by atoms with E-state index >= 15 is 0 Å². The van der Waals surface area contributed by atoms with Crippen LogP contribution in [0.5, 0.6) is 0 Å². The van der Waals surface area contributed by atoms with E-state index in [1.165, 1.54) is 0 Å². The molecule has 1 aromatic carbocycles. The van der Waals surface area contributed by atoms with Gasteiger partial charge in [-0.3, -0.25) is 4.98 Å². The number of rotatable bonds is 9. The summed E-state index contributed by atoms with van der Waals surface area (Å²) in [5.41, 5.74) is 7.15. The third-order valence-electron chi connectivity index (χ3n) is 4.79. The number of allylic oxidation sites excluding steroid dienone is 1. The van der Waals surface area contributed by atoms with Crippen LogP contribution in [0.15, 0.2) is 58.3 Å². The predicted molar refractivity (Wildman–Crippen MR) is 127 cm³/mol. The molecule has 172 valence electrons. The lowest BCUT2D eigenvalue weighted by Crippen LogP contribution is -2.52. The van der Waals surface area contributed by atoms with E-state index in [0.29, 0.717) is 16.6 Å². The van der Waals surface area contributed by atoms with Gasteiger partial charge in [-0.2, -0.15) is 0 Å². The molecule has 0 radical (unpaired) electrons. The molecular formula is C22H26Cl2N4O3S. The van der Waals surface area contributed by atoms with Gasteiger partial charge in [-0.05, 0) is 41.8 Å². The van der Waals surface area contributed by atoms with Crippen molar-refractivity contribution in [2.24, 2.45) is 11.7 Å². The molecule has 0 fully saturated rings. The number of carbonyl (C=O) groups is 1. The summed E-state index contributed by atoms with van der Waals surface area (Å²) in [7, 11) is 0. The zero-order chi connectivity index (χ0) is 23.3. The Kier molecular flexibility index (Phi) is 8.16. The average Bonchev–Trinajstić information content (AvgIpc) is 2.98. The van der Waals surface area contributed by atoms with E-state index in [4.69, 9.17) is 38.4 Å². The Bertz CT molecular complexity index is 970. The van der Waals surface area contributed by atoms with Gasteiger partial charge in [-0.1, -0.05) is 48.8 Å². The van der Waals surface area contributed by atoms with Gasteiger partial charge in [-0.15, -0.1) is 0 Å². The zero-order valence-corrected chi connectivity index (χ0v) is 20.4. The first kappa shape index (κ1) is 24.5. The molecule has 1 atom stereocenters. The highest BCUT2D eigenvalue weighted by atomic mass is 35.5. The van der Waals surface area contributed by atoms with Crippen LogP contribution in [-0.4, -0.2) is 35.0 Å². The standard InChI is InChI=1S/C22H26Cl2N4O3S/c1-14(2)19-20(32-18-11-16(23)10-17(24)12-18)28(13-15-4-6-26-7-5-15)22(3,27-19)31-9-8-30-21(25)29/h4-7,10-12,14,27H,8-9,13H2,1-3H3,(H2,25,29). The Hall–Kier alpha value is -2.13. The van der Waals surface area contributed by atoms with Gasteiger partial charge in [0.2, 0.25) is 5.85 Å². The third-order valence-corrected chi connectivity index (χ3v) is 6.33. The van der Waals surface area contributed by atoms with E-state index in [1.54, 1.807) is 30.2 Å². The molecular weight excluding hydrogens is 471 g/mol. The van der Waals surface area contributed by atoms with Crippen molar-refractivity contribution in [1.82, 2.24) is 15.2 Å². The largest absolute Gasteiger partial charge is 0.447 e. The van der Waals surface area contributed by atoms with Crippen LogP contribution in [0.3, 0.4) is 0 Å². The second kappa shape index (κ2) is 10.7. The minimum absolute atomic E-state index is 0.0547. The molecule has 1 unspecified atom stereocenters. The Balaban J connectivity index is 1.94. The minimum Gasteiger partial charge on any atom is -0.447 e. The molecule has 1 aliphatic rings. The molecule has 2 heterocycles. The van der Waals surface area contributed by atoms with Crippen LogP contribution in [0.4, 0.5) is 4.79 Å². The number of halogens is 2. The number of hydrogen-bond acceptors (Lipinski definition) is 7. The normalized spacial score (nSPS) is 18.2. The molecule has 2 aromatic rings. The molecule has 0 spiro atoms. The fourth-order valence-electron chi connectivity index (χ4n) is 3.30. The van der Waals surface area contributed by atoms with Crippen molar-refractivity contribution in [3.63, 3.8) is 0 Å². The Morgan fingerprint density at radius 1 is 1.22 bits per heavy atom. The van der Waals surface area contributed by atoms with Gasteiger partial charge < -0.3 is 25.4 Å². The first-order valence-corrected chi connectivity index (χ1v) is 11.6. The highest BCUT2D eigenvalue weighted by molar-refractivity contribution is 8.03. The number of nitrogens with two attached hydrogens (primary N) is 1. The summed E-state index contributed by atoms with van der Waals surface area (Å²) in [6.07, 6.45) is 2.68. The highest BCUT2D eigenvalue weighted by Crippen LogP contribution is 2.43. The van der Waals surface area contributed by atoms with Crippen LogP contribution < -0.4 is 11.1 Å². The fraction of sp³-hybridized carbons (Fsp3) is 0.364. The van der Waals surface area contributed by atoms with E-state index in [0.717, 1.165) is 21.2 Å². The number of aromatic nitrogens is 1. The average molecular weight is 497 g/mol. The Morgan fingerprint density at radius 3 is 2.47 bits per heavy atom. The van der Waals surface area contributed by atoms with Gasteiger partial charge >= 0.3 is 6.09 Å². The summed E-state index contributed by atoms with van der Waals surface area (Å²) in [6, 6.07) is 9.39. The van der Waals surface area contributed by atoms with Gasteiger partial charge in [0.15, 0.2) is 0 Å². The third kappa shape index (κ3) is 6.22. The monoisotopic (exact) mass is 496 g/mol. The lowest BCUT2D eigenvalue weighted by Gasteiger charge is -2.38. The molecule has 1 amide bonds. The first-order chi connectivity index (χ1) is 15.2. The molecule has 0 bridgehead atoms. The smallest absolute Gasteiger partial charge is 0.404 e. The van der Waals surface area contributed by atoms with Gasteiger partial charge in [-0.25, -0.2) is 4.79 Å². The van der Waals surface area contributed by atoms with E-state index in [-0.39, 0.29) is 19.1 Å². The van der Waals surface area contributed by atoms with Crippen LogP contribution in [0.1, 0.15) is 26.3 Å². The molecule has 3 rings (SSSR count). The molecule has 10 heteroatoms. The van der Waals surface area contributed by atoms with Crippen molar-refractivity contribution in [1.29, 1.82) is 0 Å². The second-order valence-electron chi connectivity index (χ2n) is 7.65.